The van der Waals surface area contributed by atoms with E-state index in [0.29, 0.717) is 12.5 Å². The molecule has 31 heavy (non-hydrogen) atoms. The van der Waals surface area contributed by atoms with E-state index in [1.807, 2.05) is 30.1 Å². The van der Waals surface area contributed by atoms with Gasteiger partial charge in [0.1, 0.15) is 5.75 Å². The minimum atomic E-state index is 0.179. The number of amides is 1. The standard InChI is InChI=1S/C25H32N2O4/c1-4-5-12-26(2)25(28)16-27-15-20(19-8-11-23-24(14-19)31-17-30-23)13-22(27)18-6-9-21(29-3)10-7-18/h6-11,14,20,22H,4-5,12-13,15-17H2,1-3H3. The summed E-state index contributed by atoms with van der Waals surface area (Å²) in [6.07, 6.45) is 3.07. The van der Waals surface area contributed by atoms with Gasteiger partial charge in [-0.1, -0.05) is 31.5 Å². The highest BCUT2D eigenvalue weighted by molar-refractivity contribution is 5.78. The molecule has 1 amide bonds. The first-order chi connectivity index (χ1) is 15.1. The summed E-state index contributed by atoms with van der Waals surface area (Å²) in [5.74, 6) is 2.97. The fourth-order valence-electron chi connectivity index (χ4n) is 4.47. The van der Waals surface area contributed by atoms with Gasteiger partial charge in [0.25, 0.3) is 0 Å². The summed E-state index contributed by atoms with van der Waals surface area (Å²) < 4.78 is 16.4. The lowest BCUT2D eigenvalue weighted by Crippen LogP contribution is -2.38. The van der Waals surface area contributed by atoms with Crippen molar-refractivity contribution in [3.63, 3.8) is 0 Å². The number of hydrogen-bond acceptors (Lipinski definition) is 5. The Labute approximate surface area is 184 Å². The number of ether oxygens (including phenoxy) is 3. The highest BCUT2D eigenvalue weighted by atomic mass is 16.7. The summed E-state index contributed by atoms with van der Waals surface area (Å²) in [7, 11) is 3.59. The molecular formula is C25H32N2O4. The zero-order valence-electron chi connectivity index (χ0n) is 18.7. The van der Waals surface area contributed by atoms with Crippen molar-refractivity contribution in [1.82, 2.24) is 9.80 Å². The van der Waals surface area contributed by atoms with E-state index >= 15 is 0 Å². The van der Waals surface area contributed by atoms with Gasteiger partial charge in [0.15, 0.2) is 11.5 Å². The van der Waals surface area contributed by atoms with Crippen molar-refractivity contribution in [3.8, 4) is 17.2 Å². The molecule has 6 nitrogen and oxygen atoms in total. The van der Waals surface area contributed by atoms with Crippen LogP contribution in [0.2, 0.25) is 0 Å². The quantitative estimate of drug-likeness (QED) is 0.635. The second-order valence-corrected chi connectivity index (χ2v) is 8.43. The Balaban J connectivity index is 1.54. The first-order valence-corrected chi connectivity index (χ1v) is 11.1. The van der Waals surface area contributed by atoms with Crippen LogP contribution in [0.15, 0.2) is 42.5 Å². The maximum Gasteiger partial charge on any atom is 0.236 e. The van der Waals surface area contributed by atoms with Crippen molar-refractivity contribution >= 4 is 5.91 Å². The average Bonchev–Trinajstić information content (AvgIpc) is 3.44. The number of fused-ring (bicyclic) bond motifs is 1. The molecule has 2 heterocycles. The molecule has 4 rings (SSSR count). The summed E-state index contributed by atoms with van der Waals surface area (Å²) in [5.41, 5.74) is 2.45. The van der Waals surface area contributed by atoms with Crippen molar-refractivity contribution in [3.05, 3.63) is 53.6 Å². The smallest absolute Gasteiger partial charge is 0.236 e. The monoisotopic (exact) mass is 424 g/mol. The van der Waals surface area contributed by atoms with Crippen LogP contribution in [-0.2, 0) is 4.79 Å². The van der Waals surface area contributed by atoms with Gasteiger partial charge in [-0.2, -0.15) is 0 Å². The molecule has 1 saturated heterocycles. The molecule has 2 aliphatic rings. The molecule has 0 radical (unpaired) electrons. The number of hydrogen-bond donors (Lipinski definition) is 0. The predicted octanol–water partition coefficient (Wildman–Crippen LogP) is 4.21. The van der Waals surface area contributed by atoms with Gasteiger partial charge < -0.3 is 19.1 Å². The minimum Gasteiger partial charge on any atom is -0.497 e. The van der Waals surface area contributed by atoms with E-state index in [4.69, 9.17) is 14.2 Å². The van der Waals surface area contributed by atoms with Crippen LogP contribution in [0.3, 0.4) is 0 Å². The molecule has 0 spiro atoms. The topological polar surface area (TPSA) is 51.2 Å². The van der Waals surface area contributed by atoms with Crippen molar-refractivity contribution in [2.75, 3.05) is 40.6 Å². The summed E-state index contributed by atoms with van der Waals surface area (Å²) in [6, 6.07) is 14.6. The number of benzene rings is 2. The van der Waals surface area contributed by atoms with Gasteiger partial charge in [-0.3, -0.25) is 9.69 Å². The van der Waals surface area contributed by atoms with Crippen LogP contribution < -0.4 is 14.2 Å². The van der Waals surface area contributed by atoms with E-state index in [0.717, 1.165) is 49.6 Å². The van der Waals surface area contributed by atoms with Gasteiger partial charge in [0, 0.05) is 26.2 Å². The summed E-state index contributed by atoms with van der Waals surface area (Å²) >= 11 is 0. The average molecular weight is 425 g/mol. The van der Waals surface area contributed by atoms with Crippen LogP contribution in [0.4, 0.5) is 0 Å². The lowest BCUT2D eigenvalue weighted by molar-refractivity contribution is -0.131. The molecule has 0 aromatic heterocycles. The van der Waals surface area contributed by atoms with Crippen LogP contribution in [0, 0.1) is 0 Å². The first-order valence-electron chi connectivity index (χ1n) is 11.1. The van der Waals surface area contributed by atoms with Crippen LogP contribution in [0.5, 0.6) is 17.2 Å². The minimum absolute atomic E-state index is 0.179. The third-order valence-electron chi connectivity index (χ3n) is 6.38. The molecular weight excluding hydrogens is 392 g/mol. The number of likely N-dealkylation sites (tertiary alicyclic amines) is 1. The second kappa shape index (κ2) is 9.60. The zero-order valence-corrected chi connectivity index (χ0v) is 18.7. The zero-order chi connectivity index (χ0) is 21.8. The number of likely N-dealkylation sites (N-methyl/N-ethyl adjacent to an activating group) is 1. The number of methoxy groups -OCH3 is 1. The van der Waals surface area contributed by atoms with Crippen LogP contribution >= 0.6 is 0 Å². The van der Waals surface area contributed by atoms with E-state index in [2.05, 4.69) is 36.1 Å². The van der Waals surface area contributed by atoms with E-state index < -0.39 is 0 Å². The number of unbranched alkanes of at least 4 members (excludes halogenated alkanes) is 1. The largest absolute Gasteiger partial charge is 0.497 e. The number of carbonyl (C=O) groups is 1. The molecule has 0 aliphatic carbocycles. The summed E-state index contributed by atoms with van der Waals surface area (Å²) in [5, 5.41) is 0. The molecule has 2 aliphatic heterocycles. The van der Waals surface area contributed by atoms with Crippen molar-refractivity contribution in [2.24, 2.45) is 0 Å². The van der Waals surface area contributed by atoms with Crippen LogP contribution in [-0.4, -0.2) is 56.3 Å². The van der Waals surface area contributed by atoms with E-state index in [1.54, 1.807) is 7.11 Å². The molecule has 2 atom stereocenters. The molecule has 1 fully saturated rings. The van der Waals surface area contributed by atoms with E-state index in [1.165, 1.54) is 11.1 Å². The first kappa shape index (κ1) is 21.5. The SMILES string of the molecule is CCCCN(C)C(=O)CN1CC(c2ccc3c(c2)OCO3)CC1c1ccc(OC)cc1. The van der Waals surface area contributed by atoms with Crippen molar-refractivity contribution < 1.29 is 19.0 Å². The van der Waals surface area contributed by atoms with Gasteiger partial charge in [-0.25, -0.2) is 0 Å². The number of rotatable bonds is 8. The summed E-state index contributed by atoms with van der Waals surface area (Å²) in [4.78, 5) is 17.1. The highest BCUT2D eigenvalue weighted by Gasteiger charge is 2.36. The molecule has 0 saturated carbocycles. The third kappa shape index (κ3) is 4.79. The van der Waals surface area contributed by atoms with E-state index in [-0.39, 0.29) is 18.7 Å². The Morgan fingerprint density at radius 2 is 1.87 bits per heavy atom. The fraction of sp³-hybridized carbons (Fsp3) is 0.480. The van der Waals surface area contributed by atoms with Gasteiger partial charge in [-0.05, 0) is 54.2 Å². The molecule has 2 aromatic carbocycles. The molecule has 6 heteroatoms. The van der Waals surface area contributed by atoms with Crippen LogP contribution in [0.25, 0.3) is 0 Å². The Morgan fingerprint density at radius 3 is 2.61 bits per heavy atom. The highest BCUT2D eigenvalue weighted by Crippen LogP contribution is 2.43. The lowest BCUT2D eigenvalue weighted by Gasteiger charge is -2.27. The predicted molar refractivity (Wildman–Crippen MR) is 120 cm³/mol. The van der Waals surface area contributed by atoms with Crippen molar-refractivity contribution in [1.29, 1.82) is 0 Å². The normalized spacial score (nSPS) is 20.1. The van der Waals surface area contributed by atoms with Crippen molar-refractivity contribution in [2.45, 2.75) is 38.1 Å². The number of carbonyl (C=O) groups excluding carboxylic acids is 1. The van der Waals surface area contributed by atoms with E-state index in [9.17, 15) is 4.79 Å². The lowest BCUT2D eigenvalue weighted by atomic mass is 9.93. The van der Waals surface area contributed by atoms with Gasteiger partial charge in [-0.15, -0.1) is 0 Å². The molecule has 2 unspecified atom stereocenters. The fourth-order valence-corrected chi connectivity index (χ4v) is 4.47. The van der Waals surface area contributed by atoms with Gasteiger partial charge >= 0.3 is 0 Å². The maximum absolute atomic E-state index is 12.9. The third-order valence-corrected chi connectivity index (χ3v) is 6.38. The molecule has 0 bridgehead atoms. The van der Waals surface area contributed by atoms with Gasteiger partial charge in [0.05, 0.1) is 13.7 Å². The van der Waals surface area contributed by atoms with Gasteiger partial charge in [0.2, 0.25) is 12.7 Å². The van der Waals surface area contributed by atoms with Crippen LogP contribution in [0.1, 0.15) is 49.3 Å². The molecule has 166 valence electrons. The Morgan fingerprint density at radius 1 is 1.13 bits per heavy atom. The maximum atomic E-state index is 12.9. The molecule has 0 N–H and O–H groups in total. The Kier molecular flexibility index (Phi) is 6.66. The Hall–Kier alpha value is -2.73. The number of nitrogens with zero attached hydrogens (tertiary/aromatic N) is 2. The molecule has 2 aromatic rings. The second-order valence-electron chi connectivity index (χ2n) is 8.43. The summed E-state index contributed by atoms with van der Waals surface area (Å²) in [6.45, 7) is 4.50. The Bertz CT molecular complexity index is 899.